The largest absolute Gasteiger partial charge is 0.469 e. The molecule has 6 heteroatoms. The fourth-order valence-electron chi connectivity index (χ4n) is 1.70. The standard InChI is InChI=1S/C10H16ClN3O2/c1-6-9(10(11)14(2)13-6)7(5-12)4-8(15)16-3/h7H,4-5,12H2,1-3H3. The summed E-state index contributed by atoms with van der Waals surface area (Å²) in [6.45, 7) is 2.18. The van der Waals surface area contributed by atoms with Gasteiger partial charge in [-0.05, 0) is 13.5 Å². The number of nitrogens with zero attached hydrogens (tertiary/aromatic N) is 2. The minimum absolute atomic E-state index is 0.145. The monoisotopic (exact) mass is 245 g/mol. The lowest BCUT2D eigenvalue weighted by Crippen LogP contribution is -2.18. The predicted molar refractivity (Wildman–Crippen MR) is 61.4 cm³/mol. The highest BCUT2D eigenvalue weighted by Gasteiger charge is 2.23. The lowest BCUT2D eigenvalue weighted by molar-refractivity contribution is -0.141. The Morgan fingerprint density at radius 3 is 2.69 bits per heavy atom. The summed E-state index contributed by atoms with van der Waals surface area (Å²) in [7, 11) is 3.11. The van der Waals surface area contributed by atoms with Crippen molar-refractivity contribution in [1.29, 1.82) is 0 Å². The van der Waals surface area contributed by atoms with Gasteiger partial charge in [0, 0.05) is 18.5 Å². The van der Waals surface area contributed by atoms with Gasteiger partial charge in [0.1, 0.15) is 5.15 Å². The molecular formula is C10H16ClN3O2. The van der Waals surface area contributed by atoms with Crippen LogP contribution in [0.25, 0.3) is 0 Å². The number of halogens is 1. The van der Waals surface area contributed by atoms with Crippen LogP contribution < -0.4 is 5.73 Å². The molecule has 1 aromatic rings. The summed E-state index contributed by atoms with van der Waals surface area (Å²) in [5.74, 6) is -0.441. The summed E-state index contributed by atoms with van der Waals surface area (Å²) in [6, 6.07) is 0. The molecule has 2 N–H and O–H groups in total. The molecule has 5 nitrogen and oxygen atoms in total. The van der Waals surface area contributed by atoms with Gasteiger partial charge in [0.2, 0.25) is 0 Å². The van der Waals surface area contributed by atoms with Gasteiger partial charge in [-0.2, -0.15) is 5.10 Å². The second-order valence-electron chi connectivity index (χ2n) is 3.63. The Balaban J connectivity index is 2.99. The third kappa shape index (κ3) is 2.54. The number of carbonyl (C=O) groups is 1. The van der Waals surface area contributed by atoms with Crippen LogP contribution in [-0.4, -0.2) is 29.4 Å². The molecule has 0 bridgehead atoms. The number of esters is 1. The molecule has 0 aliphatic carbocycles. The molecular weight excluding hydrogens is 230 g/mol. The SMILES string of the molecule is COC(=O)CC(CN)c1c(C)nn(C)c1Cl. The van der Waals surface area contributed by atoms with E-state index < -0.39 is 0 Å². The topological polar surface area (TPSA) is 70.1 Å². The van der Waals surface area contributed by atoms with E-state index in [0.29, 0.717) is 11.7 Å². The number of aryl methyl sites for hydroxylation is 2. The summed E-state index contributed by atoms with van der Waals surface area (Å²) < 4.78 is 6.20. The van der Waals surface area contributed by atoms with Crippen LogP contribution in [0.4, 0.5) is 0 Å². The second kappa shape index (κ2) is 5.32. The number of rotatable bonds is 4. The Morgan fingerprint density at radius 2 is 2.31 bits per heavy atom. The zero-order valence-corrected chi connectivity index (χ0v) is 10.4. The van der Waals surface area contributed by atoms with Gasteiger partial charge in [0.25, 0.3) is 0 Å². The van der Waals surface area contributed by atoms with Crippen molar-refractivity contribution in [1.82, 2.24) is 9.78 Å². The molecule has 1 atom stereocenters. The molecule has 16 heavy (non-hydrogen) atoms. The van der Waals surface area contributed by atoms with Gasteiger partial charge in [0.05, 0.1) is 19.2 Å². The fraction of sp³-hybridized carbons (Fsp3) is 0.600. The third-order valence-corrected chi connectivity index (χ3v) is 2.98. The summed E-state index contributed by atoms with van der Waals surface area (Å²) in [5, 5.41) is 4.71. The number of methoxy groups -OCH3 is 1. The molecule has 0 spiro atoms. The van der Waals surface area contributed by atoms with Crippen LogP contribution in [0.2, 0.25) is 5.15 Å². The minimum atomic E-state index is -0.297. The Labute approximate surface area is 99.5 Å². The van der Waals surface area contributed by atoms with E-state index >= 15 is 0 Å². The lowest BCUT2D eigenvalue weighted by atomic mass is 9.96. The van der Waals surface area contributed by atoms with Crippen molar-refractivity contribution in [3.05, 3.63) is 16.4 Å². The molecule has 0 aliphatic heterocycles. The average Bonchev–Trinajstić information content (AvgIpc) is 2.50. The van der Waals surface area contributed by atoms with E-state index in [9.17, 15) is 4.79 Å². The molecule has 0 aromatic carbocycles. The molecule has 90 valence electrons. The average molecular weight is 246 g/mol. The van der Waals surface area contributed by atoms with E-state index in [-0.39, 0.29) is 18.3 Å². The number of ether oxygens (including phenoxy) is 1. The predicted octanol–water partition coefficient (Wildman–Crippen LogP) is 0.987. The van der Waals surface area contributed by atoms with E-state index in [1.54, 1.807) is 11.7 Å². The first-order valence-corrected chi connectivity index (χ1v) is 5.34. The lowest BCUT2D eigenvalue weighted by Gasteiger charge is -2.13. The molecule has 1 unspecified atom stereocenters. The molecule has 0 radical (unpaired) electrons. The first kappa shape index (κ1) is 13.0. The minimum Gasteiger partial charge on any atom is -0.469 e. The first-order chi connectivity index (χ1) is 7.51. The van der Waals surface area contributed by atoms with Gasteiger partial charge in [-0.3, -0.25) is 9.48 Å². The molecule has 1 aromatic heterocycles. The number of carbonyl (C=O) groups excluding carboxylic acids is 1. The third-order valence-electron chi connectivity index (χ3n) is 2.53. The van der Waals surface area contributed by atoms with E-state index in [1.165, 1.54) is 7.11 Å². The highest BCUT2D eigenvalue weighted by molar-refractivity contribution is 6.30. The van der Waals surface area contributed by atoms with E-state index in [2.05, 4.69) is 9.84 Å². The molecule has 0 amide bonds. The summed E-state index contributed by atoms with van der Waals surface area (Å²) in [4.78, 5) is 11.2. The van der Waals surface area contributed by atoms with Gasteiger partial charge in [0.15, 0.2) is 0 Å². The maximum atomic E-state index is 11.2. The van der Waals surface area contributed by atoms with Gasteiger partial charge in [-0.15, -0.1) is 0 Å². The van der Waals surface area contributed by atoms with Crippen molar-refractivity contribution < 1.29 is 9.53 Å². The highest BCUT2D eigenvalue weighted by Crippen LogP contribution is 2.29. The van der Waals surface area contributed by atoms with Crippen LogP contribution in [0.1, 0.15) is 23.6 Å². The molecule has 0 aliphatic rings. The van der Waals surface area contributed by atoms with Crippen LogP contribution in [0.3, 0.4) is 0 Å². The van der Waals surface area contributed by atoms with Crippen molar-refractivity contribution in [3.8, 4) is 0 Å². The second-order valence-corrected chi connectivity index (χ2v) is 3.98. The Bertz CT molecular complexity index is 390. The van der Waals surface area contributed by atoms with Gasteiger partial charge in [-0.25, -0.2) is 0 Å². The maximum Gasteiger partial charge on any atom is 0.306 e. The maximum absolute atomic E-state index is 11.2. The highest BCUT2D eigenvalue weighted by atomic mass is 35.5. The van der Waals surface area contributed by atoms with Crippen LogP contribution in [0, 0.1) is 6.92 Å². The zero-order valence-electron chi connectivity index (χ0n) is 9.66. The Kier molecular flexibility index (Phi) is 4.32. The number of aromatic nitrogens is 2. The fourth-order valence-corrected chi connectivity index (χ4v) is 2.03. The molecule has 1 rings (SSSR count). The zero-order chi connectivity index (χ0) is 12.3. The summed E-state index contributed by atoms with van der Waals surface area (Å²) in [6.07, 6.45) is 0.221. The van der Waals surface area contributed by atoms with Crippen LogP contribution in [0.15, 0.2) is 0 Å². The summed E-state index contributed by atoms with van der Waals surface area (Å²) in [5.41, 5.74) is 7.28. The van der Waals surface area contributed by atoms with Crippen molar-refractivity contribution in [2.75, 3.05) is 13.7 Å². The number of hydrogen-bond acceptors (Lipinski definition) is 4. The Hall–Kier alpha value is -1.07. The van der Waals surface area contributed by atoms with Crippen LogP contribution in [-0.2, 0) is 16.6 Å². The van der Waals surface area contributed by atoms with Crippen LogP contribution in [0.5, 0.6) is 0 Å². The Morgan fingerprint density at radius 1 is 1.69 bits per heavy atom. The smallest absolute Gasteiger partial charge is 0.306 e. The molecule has 0 saturated heterocycles. The van der Waals surface area contributed by atoms with Gasteiger partial charge >= 0.3 is 5.97 Å². The number of hydrogen-bond donors (Lipinski definition) is 1. The molecule has 1 heterocycles. The quantitative estimate of drug-likeness (QED) is 0.803. The number of nitrogens with two attached hydrogens (primary N) is 1. The molecule has 0 fully saturated rings. The van der Waals surface area contributed by atoms with E-state index in [0.717, 1.165) is 11.3 Å². The summed E-state index contributed by atoms with van der Waals surface area (Å²) >= 11 is 6.11. The van der Waals surface area contributed by atoms with Crippen molar-refractivity contribution in [2.24, 2.45) is 12.8 Å². The molecule has 0 saturated carbocycles. The van der Waals surface area contributed by atoms with Crippen LogP contribution >= 0.6 is 11.6 Å². The van der Waals surface area contributed by atoms with Gasteiger partial charge in [-0.1, -0.05) is 11.6 Å². The van der Waals surface area contributed by atoms with Gasteiger partial charge < -0.3 is 10.5 Å². The van der Waals surface area contributed by atoms with E-state index in [1.807, 2.05) is 6.92 Å². The van der Waals surface area contributed by atoms with Crippen molar-refractivity contribution >= 4 is 17.6 Å². The first-order valence-electron chi connectivity index (χ1n) is 4.97. The van der Waals surface area contributed by atoms with Crippen molar-refractivity contribution in [2.45, 2.75) is 19.3 Å². The normalized spacial score (nSPS) is 12.6. The van der Waals surface area contributed by atoms with Crippen molar-refractivity contribution in [3.63, 3.8) is 0 Å². The van der Waals surface area contributed by atoms with E-state index in [4.69, 9.17) is 17.3 Å².